The Kier molecular flexibility index (Phi) is 7.49. The number of ether oxygens (including phenoxy) is 3. The van der Waals surface area contributed by atoms with Crippen LogP contribution in [0.4, 0.5) is 0 Å². The molecule has 0 unspecified atom stereocenters. The highest BCUT2D eigenvalue weighted by molar-refractivity contribution is 5.96. The third kappa shape index (κ3) is 6.21. The molecule has 1 aliphatic rings. The number of para-hydroxylation sites is 2. The number of amides is 1. The normalized spacial score (nSPS) is 15.0. The minimum Gasteiger partial charge on any atom is -0.490 e. The molecule has 1 saturated heterocycles. The van der Waals surface area contributed by atoms with Crippen LogP contribution in [-0.2, 0) is 4.74 Å². The van der Waals surface area contributed by atoms with Crippen LogP contribution in [0.3, 0.4) is 0 Å². The van der Waals surface area contributed by atoms with Crippen molar-refractivity contribution in [3.63, 3.8) is 0 Å². The zero-order valence-corrected chi connectivity index (χ0v) is 17.2. The monoisotopic (exact) mass is 398 g/mol. The summed E-state index contributed by atoms with van der Waals surface area (Å²) >= 11 is 0. The fourth-order valence-electron chi connectivity index (χ4n) is 3.28. The molecular weight excluding hydrogens is 368 g/mol. The van der Waals surface area contributed by atoms with E-state index in [0.717, 1.165) is 32.1 Å². The van der Waals surface area contributed by atoms with E-state index in [2.05, 4.69) is 24.1 Å². The molecule has 6 nitrogen and oxygen atoms in total. The van der Waals surface area contributed by atoms with Crippen LogP contribution in [0.5, 0.6) is 11.5 Å². The Morgan fingerprint density at radius 3 is 2.41 bits per heavy atom. The standard InChI is InChI=1S/C23H30N2O4/c1-23(2,25-12-14-27-15-13-25)18-24-22(26)20-10-6-7-11-21(20)29-17-16-28-19-8-4-3-5-9-19/h3-11H,12-18H2,1-2H3,(H,24,26). The Bertz CT molecular complexity index is 773. The lowest BCUT2D eigenvalue weighted by Crippen LogP contribution is -2.55. The molecule has 0 aliphatic carbocycles. The molecule has 6 heteroatoms. The van der Waals surface area contributed by atoms with Crippen LogP contribution in [0.25, 0.3) is 0 Å². The van der Waals surface area contributed by atoms with Crippen molar-refractivity contribution >= 4 is 5.91 Å². The van der Waals surface area contributed by atoms with Gasteiger partial charge in [0, 0.05) is 25.2 Å². The second-order valence-corrected chi connectivity index (χ2v) is 7.60. The van der Waals surface area contributed by atoms with E-state index in [9.17, 15) is 4.79 Å². The van der Waals surface area contributed by atoms with Gasteiger partial charge in [0.1, 0.15) is 24.7 Å². The van der Waals surface area contributed by atoms with Gasteiger partial charge in [0.05, 0.1) is 18.8 Å². The first kappa shape index (κ1) is 21.1. The largest absolute Gasteiger partial charge is 0.490 e. The van der Waals surface area contributed by atoms with Crippen LogP contribution in [0.15, 0.2) is 54.6 Å². The van der Waals surface area contributed by atoms with E-state index < -0.39 is 0 Å². The molecule has 2 aromatic carbocycles. The molecule has 0 saturated carbocycles. The minimum absolute atomic E-state index is 0.133. The number of nitrogens with zero attached hydrogens (tertiary/aromatic N) is 1. The first-order valence-electron chi connectivity index (χ1n) is 10.1. The Morgan fingerprint density at radius 2 is 1.66 bits per heavy atom. The molecule has 1 fully saturated rings. The minimum atomic E-state index is -0.140. The fraction of sp³-hybridized carbons (Fsp3) is 0.435. The first-order chi connectivity index (χ1) is 14.1. The summed E-state index contributed by atoms with van der Waals surface area (Å²) in [4.78, 5) is 15.1. The first-order valence-corrected chi connectivity index (χ1v) is 10.1. The van der Waals surface area contributed by atoms with Gasteiger partial charge in [-0.2, -0.15) is 0 Å². The Morgan fingerprint density at radius 1 is 1.00 bits per heavy atom. The van der Waals surface area contributed by atoms with E-state index >= 15 is 0 Å². The van der Waals surface area contributed by atoms with Crippen molar-refractivity contribution in [2.45, 2.75) is 19.4 Å². The second-order valence-electron chi connectivity index (χ2n) is 7.60. The topological polar surface area (TPSA) is 60.0 Å². The van der Waals surface area contributed by atoms with Crippen LogP contribution in [0.2, 0.25) is 0 Å². The van der Waals surface area contributed by atoms with E-state index in [1.807, 2.05) is 48.5 Å². The zero-order chi connectivity index (χ0) is 20.5. The predicted molar refractivity (Wildman–Crippen MR) is 113 cm³/mol. The molecule has 1 amide bonds. The second kappa shape index (κ2) is 10.3. The Labute approximate surface area is 172 Å². The molecule has 1 N–H and O–H groups in total. The van der Waals surface area contributed by atoms with Crippen molar-refractivity contribution < 1.29 is 19.0 Å². The maximum atomic E-state index is 12.8. The summed E-state index contributed by atoms with van der Waals surface area (Å²) in [5.41, 5.74) is 0.392. The van der Waals surface area contributed by atoms with E-state index in [1.165, 1.54) is 0 Å². The summed E-state index contributed by atoms with van der Waals surface area (Å²) in [6.07, 6.45) is 0. The molecular formula is C23H30N2O4. The van der Waals surface area contributed by atoms with Crippen LogP contribution in [0, 0.1) is 0 Å². The highest BCUT2D eigenvalue weighted by Gasteiger charge is 2.29. The summed E-state index contributed by atoms with van der Waals surface area (Å²) in [5.74, 6) is 1.23. The lowest BCUT2D eigenvalue weighted by molar-refractivity contribution is -0.00924. The maximum Gasteiger partial charge on any atom is 0.255 e. The molecule has 2 aromatic rings. The highest BCUT2D eigenvalue weighted by atomic mass is 16.5. The third-order valence-electron chi connectivity index (χ3n) is 5.03. The maximum absolute atomic E-state index is 12.8. The van der Waals surface area contributed by atoms with Crippen molar-refractivity contribution in [3.05, 3.63) is 60.2 Å². The molecule has 0 aromatic heterocycles. The number of morpholine rings is 1. The third-order valence-corrected chi connectivity index (χ3v) is 5.03. The number of hydrogen-bond acceptors (Lipinski definition) is 5. The van der Waals surface area contributed by atoms with Crippen LogP contribution < -0.4 is 14.8 Å². The number of carbonyl (C=O) groups excluding carboxylic acids is 1. The van der Waals surface area contributed by atoms with E-state index in [1.54, 1.807) is 6.07 Å². The molecule has 156 valence electrons. The van der Waals surface area contributed by atoms with E-state index in [-0.39, 0.29) is 11.4 Å². The molecule has 0 radical (unpaired) electrons. The molecule has 1 aliphatic heterocycles. The highest BCUT2D eigenvalue weighted by Crippen LogP contribution is 2.19. The van der Waals surface area contributed by atoms with E-state index in [4.69, 9.17) is 14.2 Å². The summed E-state index contributed by atoms with van der Waals surface area (Å²) in [7, 11) is 0. The quantitative estimate of drug-likeness (QED) is 0.658. The molecule has 0 atom stereocenters. The van der Waals surface area contributed by atoms with Crippen LogP contribution in [0.1, 0.15) is 24.2 Å². The van der Waals surface area contributed by atoms with Gasteiger partial charge in [0.2, 0.25) is 0 Å². The van der Waals surface area contributed by atoms with Gasteiger partial charge in [0.25, 0.3) is 5.91 Å². The number of hydrogen-bond donors (Lipinski definition) is 1. The Balaban J connectivity index is 1.51. The fourth-order valence-corrected chi connectivity index (χ4v) is 3.28. The molecule has 1 heterocycles. The predicted octanol–water partition coefficient (Wildman–Crippen LogP) is 2.99. The van der Waals surface area contributed by atoms with Crippen molar-refractivity contribution in [1.29, 1.82) is 0 Å². The van der Waals surface area contributed by atoms with Crippen LogP contribution >= 0.6 is 0 Å². The van der Waals surface area contributed by atoms with Gasteiger partial charge in [-0.15, -0.1) is 0 Å². The summed E-state index contributed by atoms with van der Waals surface area (Å²) < 4.78 is 16.9. The lowest BCUT2D eigenvalue weighted by Gasteiger charge is -2.40. The summed E-state index contributed by atoms with van der Waals surface area (Å²) in [6, 6.07) is 16.9. The average Bonchev–Trinajstić information content (AvgIpc) is 2.77. The van der Waals surface area contributed by atoms with Gasteiger partial charge in [-0.1, -0.05) is 30.3 Å². The molecule has 0 bridgehead atoms. The SMILES string of the molecule is CC(C)(CNC(=O)c1ccccc1OCCOc1ccccc1)N1CCOCC1. The number of nitrogens with one attached hydrogen (secondary N) is 1. The van der Waals surface area contributed by atoms with Gasteiger partial charge < -0.3 is 19.5 Å². The van der Waals surface area contributed by atoms with Gasteiger partial charge in [-0.25, -0.2) is 0 Å². The van der Waals surface area contributed by atoms with Crippen molar-refractivity contribution in [2.24, 2.45) is 0 Å². The van der Waals surface area contributed by atoms with Crippen LogP contribution in [-0.4, -0.2) is 62.4 Å². The molecule has 3 rings (SSSR count). The summed E-state index contributed by atoms with van der Waals surface area (Å²) in [6.45, 7) is 8.83. The van der Waals surface area contributed by atoms with Crippen molar-refractivity contribution in [3.8, 4) is 11.5 Å². The van der Waals surface area contributed by atoms with Crippen molar-refractivity contribution in [2.75, 3.05) is 46.1 Å². The van der Waals surface area contributed by atoms with Gasteiger partial charge in [-0.05, 0) is 38.1 Å². The molecule has 29 heavy (non-hydrogen) atoms. The smallest absolute Gasteiger partial charge is 0.255 e. The molecule has 0 spiro atoms. The Hall–Kier alpha value is -2.57. The summed E-state index contributed by atoms with van der Waals surface area (Å²) in [5, 5.41) is 3.06. The number of benzene rings is 2. The number of carbonyl (C=O) groups is 1. The average molecular weight is 399 g/mol. The zero-order valence-electron chi connectivity index (χ0n) is 17.2. The van der Waals surface area contributed by atoms with Crippen molar-refractivity contribution in [1.82, 2.24) is 10.2 Å². The van der Waals surface area contributed by atoms with E-state index in [0.29, 0.717) is 31.1 Å². The number of rotatable bonds is 9. The van der Waals surface area contributed by atoms with Gasteiger partial charge in [-0.3, -0.25) is 9.69 Å². The van der Waals surface area contributed by atoms with Gasteiger partial charge >= 0.3 is 0 Å². The van der Waals surface area contributed by atoms with Gasteiger partial charge in [0.15, 0.2) is 0 Å². The lowest BCUT2D eigenvalue weighted by atomic mass is 10.0.